The van der Waals surface area contributed by atoms with Gasteiger partial charge in [-0.3, -0.25) is 9.69 Å². The Morgan fingerprint density at radius 1 is 1.41 bits per heavy atom. The Bertz CT molecular complexity index is 517. The molecule has 1 N–H and O–H groups in total. The van der Waals surface area contributed by atoms with Gasteiger partial charge in [-0.15, -0.1) is 0 Å². The second kappa shape index (κ2) is 7.49. The van der Waals surface area contributed by atoms with Gasteiger partial charge < -0.3 is 14.6 Å². The molecule has 0 spiro atoms. The van der Waals surface area contributed by atoms with Crippen LogP contribution in [0.3, 0.4) is 0 Å². The number of rotatable bonds is 6. The molecule has 0 radical (unpaired) electrons. The van der Waals surface area contributed by atoms with E-state index in [0.717, 1.165) is 43.0 Å². The van der Waals surface area contributed by atoms with Crippen molar-refractivity contribution in [1.29, 1.82) is 0 Å². The number of aliphatic carboxylic acids is 1. The van der Waals surface area contributed by atoms with Gasteiger partial charge in [-0.1, -0.05) is 6.07 Å². The van der Waals surface area contributed by atoms with Gasteiger partial charge in [0.05, 0.1) is 19.6 Å². The molecule has 1 heterocycles. The normalized spacial score (nSPS) is 22.3. The summed E-state index contributed by atoms with van der Waals surface area (Å²) in [6, 6.07) is 5.95. The monoisotopic (exact) mass is 307 g/mol. The molecule has 1 aliphatic rings. The number of nitrogens with zero attached hydrogens (tertiary/aromatic N) is 1. The SMILES string of the molecule is CCOc1cc(CN2CCC[C@H](C(=O)O)[C@@H]2C)ccc1OC. The van der Waals surface area contributed by atoms with Crippen molar-refractivity contribution < 1.29 is 19.4 Å². The Hall–Kier alpha value is -1.75. The maximum atomic E-state index is 11.3. The molecule has 0 saturated carbocycles. The molecule has 1 fully saturated rings. The molecular weight excluding hydrogens is 282 g/mol. The van der Waals surface area contributed by atoms with Crippen molar-refractivity contribution in [2.45, 2.75) is 39.3 Å². The molecular formula is C17H25NO4. The van der Waals surface area contributed by atoms with Gasteiger partial charge in [0.1, 0.15) is 0 Å². The molecule has 1 saturated heterocycles. The van der Waals surface area contributed by atoms with Gasteiger partial charge in [0.25, 0.3) is 0 Å². The first-order valence-corrected chi connectivity index (χ1v) is 7.83. The molecule has 0 aliphatic carbocycles. The summed E-state index contributed by atoms with van der Waals surface area (Å²) in [5.41, 5.74) is 1.11. The van der Waals surface area contributed by atoms with Crippen molar-refractivity contribution in [1.82, 2.24) is 4.90 Å². The fraction of sp³-hybridized carbons (Fsp3) is 0.588. The molecule has 1 aliphatic heterocycles. The van der Waals surface area contributed by atoms with E-state index in [9.17, 15) is 9.90 Å². The third kappa shape index (κ3) is 3.71. The molecule has 0 unspecified atom stereocenters. The van der Waals surface area contributed by atoms with Gasteiger partial charge in [-0.2, -0.15) is 0 Å². The van der Waals surface area contributed by atoms with Crippen LogP contribution in [0.15, 0.2) is 18.2 Å². The second-order valence-electron chi connectivity index (χ2n) is 5.72. The number of hydrogen-bond acceptors (Lipinski definition) is 4. The lowest BCUT2D eigenvalue weighted by atomic mass is 9.90. The molecule has 0 amide bonds. The number of likely N-dealkylation sites (tertiary alicyclic amines) is 1. The largest absolute Gasteiger partial charge is 0.493 e. The van der Waals surface area contributed by atoms with Crippen LogP contribution in [0, 0.1) is 5.92 Å². The van der Waals surface area contributed by atoms with Crippen LogP contribution in [0.2, 0.25) is 0 Å². The Balaban J connectivity index is 2.12. The number of benzene rings is 1. The molecule has 2 rings (SSSR count). The van der Waals surface area contributed by atoms with Crippen LogP contribution < -0.4 is 9.47 Å². The number of piperidine rings is 1. The Morgan fingerprint density at radius 2 is 2.18 bits per heavy atom. The zero-order valence-corrected chi connectivity index (χ0v) is 13.5. The first-order chi connectivity index (χ1) is 10.6. The highest BCUT2D eigenvalue weighted by Gasteiger charge is 2.32. The van der Waals surface area contributed by atoms with Crippen LogP contribution in [0.5, 0.6) is 11.5 Å². The summed E-state index contributed by atoms with van der Waals surface area (Å²) >= 11 is 0. The van der Waals surface area contributed by atoms with E-state index in [1.54, 1.807) is 7.11 Å². The number of carboxylic acids is 1. The number of carbonyl (C=O) groups is 1. The van der Waals surface area contributed by atoms with Crippen molar-refractivity contribution in [3.63, 3.8) is 0 Å². The summed E-state index contributed by atoms with van der Waals surface area (Å²) in [7, 11) is 1.63. The predicted molar refractivity (Wildman–Crippen MR) is 84.4 cm³/mol. The minimum absolute atomic E-state index is 0.0453. The summed E-state index contributed by atoms with van der Waals surface area (Å²) in [6.45, 7) is 6.19. The zero-order valence-electron chi connectivity index (χ0n) is 13.5. The van der Waals surface area contributed by atoms with Gasteiger partial charge >= 0.3 is 5.97 Å². The Kier molecular flexibility index (Phi) is 5.66. The van der Waals surface area contributed by atoms with E-state index in [1.165, 1.54) is 0 Å². The molecule has 5 nitrogen and oxygen atoms in total. The molecule has 122 valence electrons. The summed E-state index contributed by atoms with van der Waals surface area (Å²) in [5, 5.41) is 9.31. The van der Waals surface area contributed by atoms with Crippen LogP contribution in [0.1, 0.15) is 32.3 Å². The van der Waals surface area contributed by atoms with Crippen LogP contribution in [-0.4, -0.2) is 42.3 Å². The van der Waals surface area contributed by atoms with Crippen molar-refractivity contribution in [3.8, 4) is 11.5 Å². The third-order valence-corrected chi connectivity index (χ3v) is 4.35. The fourth-order valence-corrected chi connectivity index (χ4v) is 3.09. The molecule has 22 heavy (non-hydrogen) atoms. The molecule has 2 atom stereocenters. The highest BCUT2D eigenvalue weighted by molar-refractivity contribution is 5.71. The second-order valence-corrected chi connectivity index (χ2v) is 5.72. The first kappa shape index (κ1) is 16.6. The molecule has 5 heteroatoms. The minimum atomic E-state index is -0.693. The lowest BCUT2D eigenvalue weighted by molar-refractivity contribution is -0.145. The summed E-state index contributed by atoms with van der Waals surface area (Å²) in [4.78, 5) is 13.6. The van der Waals surface area contributed by atoms with Gasteiger partial charge in [0.15, 0.2) is 11.5 Å². The minimum Gasteiger partial charge on any atom is -0.493 e. The molecule has 1 aromatic carbocycles. The van der Waals surface area contributed by atoms with E-state index in [0.29, 0.717) is 6.61 Å². The maximum Gasteiger partial charge on any atom is 0.308 e. The van der Waals surface area contributed by atoms with Crippen molar-refractivity contribution >= 4 is 5.97 Å². The molecule has 0 aromatic heterocycles. The average Bonchev–Trinajstić information content (AvgIpc) is 2.50. The van der Waals surface area contributed by atoms with E-state index in [1.807, 2.05) is 32.0 Å². The summed E-state index contributed by atoms with van der Waals surface area (Å²) in [5.74, 6) is 0.489. The van der Waals surface area contributed by atoms with Gasteiger partial charge in [0, 0.05) is 12.6 Å². The first-order valence-electron chi connectivity index (χ1n) is 7.83. The van der Waals surface area contributed by atoms with E-state index in [2.05, 4.69) is 4.90 Å². The van der Waals surface area contributed by atoms with E-state index in [-0.39, 0.29) is 12.0 Å². The average molecular weight is 307 g/mol. The van der Waals surface area contributed by atoms with E-state index >= 15 is 0 Å². The zero-order chi connectivity index (χ0) is 16.1. The van der Waals surface area contributed by atoms with Gasteiger partial charge in [-0.05, 0) is 50.9 Å². The van der Waals surface area contributed by atoms with Crippen molar-refractivity contribution in [2.24, 2.45) is 5.92 Å². The van der Waals surface area contributed by atoms with Gasteiger partial charge in [-0.25, -0.2) is 0 Å². The van der Waals surface area contributed by atoms with Gasteiger partial charge in [0.2, 0.25) is 0 Å². The molecule has 1 aromatic rings. The number of hydrogen-bond donors (Lipinski definition) is 1. The van der Waals surface area contributed by atoms with Crippen LogP contribution in [0.4, 0.5) is 0 Å². The van der Waals surface area contributed by atoms with Crippen LogP contribution >= 0.6 is 0 Å². The van der Waals surface area contributed by atoms with Crippen LogP contribution in [-0.2, 0) is 11.3 Å². The third-order valence-electron chi connectivity index (χ3n) is 4.35. The predicted octanol–water partition coefficient (Wildman–Crippen LogP) is 2.78. The highest BCUT2D eigenvalue weighted by Crippen LogP contribution is 2.30. The Morgan fingerprint density at radius 3 is 2.82 bits per heavy atom. The topological polar surface area (TPSA) is 59.0 Å². The van der Waals surface area contributed by atoms with Crippen molar-refractivity contribution in [2.75, 3.05) is 20.3 Å². The lowest BCUT2D eigenvalue weighted by Crippen LogP contribution is -2.45. The number of carboxylic acid groups (broad SMARTS) is 1. The summed E-state index contributed by atoms with van der Waals surface area (Å²) < 4.78 is 10.9. The Labute approximate surface area is 131 Å². The van der Waals surface area contributed by atoms with Crippen LogP contribution in [0.25, 0.3) is 0 Å². The standard InChI is InChI=1S/C17H25NO4/c1-4-22-16-10-13(7-8-15(16)21-3)11-18-9-5-6-14(12(18)2)17(19)20/h7-8,10,12,14H,4-6,9,11H2,1-3H3,(H,19,20)/t12-,14-/m0/s1. The smallest absolute Gasteiger partial charge is 0.308 e. The van der Waals surface area contributed by atoms with E-state index < -0.39 is 5.97 Å². The quantitative estimate of drug-likeness (QED) is 0.875. The highest BCUT2D eigenvalue weighted by atomic mass is 16.5. The maximum absolute atomic E-state index is 11.3. The summed E-state index contributed by atoms with van der Waals surface area (Å²) in [6.07, 6.45) is 1.69. The fourth-order valence-electron chi connectivity index (χ4n) is 3.09. The number of methoxy groups -OCH3 is 1. The van der Waals surface area contributed by atoms with Crippen molar-refractivity contribution in [3.05, 3.63) is 23.8 Å². The van der Waals surface area contributed by atoms with E-state index in [4.69, 9.17) is 9.47 Å². The molecule has 0 bridgehead atoms. The number of ether oxygens (including phenoxy) is 2. The lowest BCUT2D eigenvalue weighted by Gasteiger charge is -2.37.